The zero-order chi connectivity index (χ0) is 18.3. The number of pyridine rings is 1. The lowest BCUT2D eigenvalue weighted by Gasteiger charge is -2.22. The number of carbonyl (C=O) groups excluding carboxylic acids is 3. The van der Waals surface area contributed by atoms with Crippen molar-refractivity contribution in [2.24, 2.45) is 0 Å². The van der Waals surface area contributed by atoms with Crippen LogP contribution in [0.25, 0.3) is 11.1 Å². The Morgan fingerprint density at radius 3 is 2.81 bits per heavy atom. The number of fused-ring (bicyclic) bond motifs is 1. The number of rotatable bonds is 2. The quantitative estimate of drug-likeness (QED) is 0.769. The maximum atomic E-state index is 11.8. The first kappa shape index (κ1) is 16.4. The minimum Gasteiger partial charge on any atom is -0.457 e. The smallest absolute Gasteiger partial charge is 0.322 e. The van der Waals surface area contributed by atoms with Gasteiger partial charge < -0.3 is 19.5 Å². The summed E-state index contributed by atoms with van der Waals surface area (Å²) in [5.41, 5.74) is 1.18. The average Bonchev–Trinajstić information content (AvgIpc) is 3.06. The second-order valence-corrected chi connectivity index (χ2v) is 6.44. The van der Waals surface area contributed by atoms with E-state index in [0.717, 1.165) is 25.3 Å². The molecule has 0 spiro atoms. The molecule has 0 bridgehead atoms. The molecule has 2 aromatic heterocycles. The van der Waals surface area contributed by atoms with E-state index in [4.69, 9.17) is 4.42 Å². The molecule has 4 heterocycles. The summed E-state index contributed by atoms with van der Waals surface area (Å²) in [5.74, 6) is 0.805. The number of hydrogen-bond donors (Lipinski definition) is 2. The van der Waals surface area contributed by atoms with Gasteiger partial charge in [0.25, 0.3) is 5.91 Å². The van der Waals surface area contributed by atoms with E-state index in [0.29, 0.717) is 29.9 Å². The van der Waals surface area contributed by atoms with Crippen LogP contribution in [0.5, 0.6) is 0 Å². The maximum absolute atomic E-state index is 11.8. The van der Waals surface area contributed by atoms with Gasteiger partial charge in [-0.3, -0.25) is 14.9 Å². The molecule has 0 aliphatic carbocycles. The fourth-order valence-corrected chi connectivity index (χ4v) is 3.33. The largest absolute Gasteiger partial charge is 0.457 e. The molecule has 2 saturated heterocycles. The molecule has 2 aliphatic heterocycles. The van der Waals surface area contributed by atoms with Crippen LogP contribution in [0.15, 0.2) is 22.6 Å². The molecule has 0 aromatic carbocycles. The fourth-order valence-electron chi connectivity index (χ4n) is 3.33. The average molecular weight is 357 g/mol. The third-order valence-electron chi connectivity index (χ3n) is 4.70. The van der Waals surface area contributed by atoms with Crippen molar-refractivity contribution in [3.05, 3.63) is 24.0 Å². The van der Waals surface area contributed by atoms with E-state index in [-0.39, 0.29) is 5.91 Å². The molecular formula is C17H19N5O4. The van der Waals surface area contributed by atoms with Crippen molar-refractivity contribution in [2.75, 3.05) is 31.1 Å². The number of hydrogen-bond acceptors (Lipinski definition) is 6. The van der Waals surface area contributed by atoms with Crippen LogP contribution in [0, 0.1) is 0 Å². The summed E-state index contributed by atoms with van der Waals surface area (Å²) >= 11 is 0. The number of anilines is 1. The molecule has 2 aliphatic rings. The molecule has 2 aromatic rings. The van der Waals surface area contributed by atoms with Crippen LogP contribution < -0.4 is 15.5 Å². The summed E-state index contributed by atoms with van der Waals surface area (Å²) < 4.78 is 5.68. The second-order valence-electron chi connectivity index (χ2n) is 6.44. The van der Waals surface area contributed by atoms with Gasteiger partial charge in [-0.1, -0.05) is 0 Å². The summed E-state index contributed by atoms with van der Waals surface area (Å²) in [6, 6.07) is 3.99. The molecule has 2 fully saturated rings. The summed E-state index contributed by atoms with van der Waals surface area (Å²) in [6.45, 7) is 4.53. The van der Waals surface area contributed by atoms with Gasteiger partial charge in [-0.2, -0.15) is 0 Å². The van der Waals surface area contributed by atoms with Crippen molar-refractivity contribution in [1.82, 2.24) is 20.5 Å². The van der Waals surface area contributed by atoms with E-state index in [2.05, 4.69) is 20.5 Å². The first-order chi connectivity index (χ1) is 12.5. The lowest BCUT2D eigenvalue weighted by Crippen LogP contribution is -2.33. The van der Waals surface area contributed by atoms with Gasteiger partial charge in [-0.05, 0) is 18.6 Å². The van der Waals surface area contributed by atoms with Gasteiger partial charge in [0.15, 0.2) is 11.6 Å². The Bertz CT molecular complexity index is 892. The Balaban J connectivity index is 1.57. The van der Waals surface area contributed by atoms with E-state index in [1.165, 1.54) is 0 Å². The van der Waals surface area contributed by atoms with Crippen LogP contribution >= 0.6 is 0 Å². The van der Waals surface area contributed by atoms with Gasteiger partial charge in [0.2, 0.25) is 5.91 Å². The fraction of sp³-hybridized carbons (Fsp3) is 0.412. The maximum Gasteiger partial charge on any atom is 0.322 e. The van der Waals surface area contributed by atoms with E-state index < -0.39 is 18.0 Å². The molecule has 9 heteroatoms. The Hall–Kier alpha value is -3.10. The summed E-state index contributed by atoms with van der Waals surface area (Å²) in [7, 11) is 0. The van der Waals surface area contributed by atoms with E-state index >= 15 is 0 Å². The molecular weight excluding hydrogens is 338 g/mol. The highest BCUT2D eigenvalue weighted by molar-refractivity contribution is 6.04. The van der Waals surface area contributed by atoms with Gasteiger partial charge in [0.1, 0.15) is 17.1 Å². The minimum absolute atomic E-state index is 0.0895. The Morgan fingerprint density at radius 1 is 1.23 bits per heavy atom. The van der Waals surface area contributed by atoms with Crippen molar-refractivity contribution >= 4 is 34.8 Å². The lowest BCUT2D eigenvalue weighted by molar-refractivity contribution is -0.128. The molecule has 0 saturated carbocycles. The number of carbonyl (C=O) groups is 3. The highest BCUT2D eigenvalue weighted by atomic mass is 16.3. The molecule has 0 radical (unpaired) electrons. The van der Waals surface area contributed by atoms with Gasteiger partial charge in [-0.25, -0.2) is 9.78 Å². The van der Waals surface area contributed by atoms with E-state index in [9.17, 15) is 14.4 Å². The first-order valence-corrected chi connectivity index (χ1v) is 8.53. The summed E-state index contributed by atoms with van der Waals surface area (Å²) in [5, 5.41) is 4.70. The predicted molar refractivity (Wildman–Crippen MR) is 92.5 cm³/mol. The number of amides is 4. The minimum atomic E-state index is -0.831. The number of aromatic nitrogens is 1. The number of nitrogens with zero attached hydrogens (tertiary/aromatic N) is 3. The van der Waals surface area contributed by atoms with Crippen LogP contribution in [-0.4, -0.2) is 53.9 Å². The molecule has 4 rings (SSSR count). The summed E-state index contributed by atoms with van der Waals surface area (Å²) in [4.78, 5) is 43.2. The van der Waals surface area contributed by atoms with Crippen LogP contribution in [0.2, 0.25) is 0 Å². The number of imide groups is 1. The van der Waals surface area contributed by atoms with Crippen molar-refractivity contribution in [3.8, 4) is 0 Å². The van der Waals surface area contributed by atoms with Gasteiger partial charge in [0, 0.05) is 39.2 Å². The van der Waals surface area contributed by atoms with Crippen molar-refractivity contribution in [2.45, 2.75) is 19.4 Å². The van der Waals surface area contributed by atoms with Gasteiger partial charge in [-0.15, -0.1) is 0 Å². The van der Waals surface area contributed by atoms with E-state index in [1.54, 1.807) is 13.0 Å². The molecule has 1 unspecified atom stereocenters. The zero-order valence-corrected chi connectivity index (χ0v) is 14.3. The normalized spacial score (nSPS) is 20.9. The molecule has 9 nitrogen and oxygen atoms in total. The van der Waals surface area contributed by atoms with Crippen LogP contribution in [0.3, 0.4) is 0 Å². The van der Waals surface area contributed by atoms with Crippen LogP contribution in [-0.2, 0) is 9.59 Å². The molecule has 26 heavy (non-hydrogen) atoms. The first-order valence-electron chi connectivity index (χ1n) is 8.53. The SMILES string of the molecule is CC(=O)N1CCCN(c2ccc3oc(C4NC(=O)NC4=O)cc3n2)CC1. The van der Waals surface area contributed by atoms with Crippen molar-refractivity contribution in [1.29, 1.82) is 0 Å². The number of furan rings is 1. The number of nitrogens with one attached hydrogen (secondary N) is 2. The van der Waals surface area contributed by atoms with Gasteiger partial charge >= 0.3 is 6.03 Å². The van der Waals surface area contributed by atoms with Gasteiger partial charge in [0.05, 0.1) is 0 Å². The second kappa shape index (κ2) is 6.32. The molecule has 2 N–H and O–H groups in total. The third kappa shape index (κ3) is 2.96. The highest BCUT2D eigenvalue weighted by Gasteiger charge is 2.33. The number of urea groups is 1. The Kier molecular flexibility index (Phi) is 3.98. The third-order valence-corrected chi connectivity index (χ3v) is 4.70. The molecule has 1 atom stereocenters. The van der Waals surface area contributed by atoms with Crippen LogP contribution in [0.4, 0.5) is 10.6 Å². The lowest BCUT2D eigenvalue weighted by atomic mass is 10.2. The Morgan fingerprint density at radius 2 is 2.08 bits per heavy atom. The molecule has 136 valence electrons. The molecule has 4 amide bonds. The zero-order valence-electron chi connectivity index (χ0n) is 14.3. The summed E-state index contributed by atoms with van der Waals surface area (Å²) in [6.07, 6.45) is 0.879. The highest BCUT2D eigenvalue weighted by Crippen LogP contribution is 2.27. The van der Waals surface area contributed by atoms with Crippen molar-refractivity contribution < 1.29 is 18.8 Å². The van der Waals surface area contributed by atoms with Crippen LogP contribution in [0.1, 0.15) is 25.1 Å². The van der Waals surface area contributed by atoms with E-state index in [1.807, 2.05) is 17.0 Å². The monoisotopic (exact) mass is 357 g/mol. The standard InChI is InChI=1S/C17H19N5O4/c1-10(23)21-5-2-6-22(8-7-21)14-4-3-12-11(18-14)9-13(26-12)15-16(24)20-17(25)19-15/h3-4,9,15H,2,5-8H2,1H3,(H2,19,20,24,25). The Labute approximate surface area is 149 Å². The van der Waals surface area contributed by atoms with Crippen molar-refractivity contribution in [3.63, 3.8) is 0 Å². The topological polar surface area (TPSA) is 108 Å². The predicted octanol–water partition coefficient (Wildman–Crippen LogP) is 0.767.